The highest BCUT2D eigenvalue weighted by molar-refractivity contribution is 14.1. The number of nitrogens with zero attached hydrogens (tertiary/aromatic N) is 1. The van der Waals surface area contributed by atoms with Gasteiger partial charge in [-0.1, -0.05) is 66.7 Å². The number of fused-ring (bicyclic) bond motifs is 2. The summed E-state index contributed by atoms with van der Waals surface area (Å²) in [5.74, 6) is 0.134. The van der Waals surface area contributed by atoms with Gasteiger partial charge in [0.1, 0.15) is 0 Å². The number of rotatable bonds is 4. The van der Waals surface area contributed by atoms with Crippen LogP contribution in [0.2, 0.25) is 0 Å². The van der Waals surface area contributed by atoms with E-state index in [1.165, 1.54) is 16.3 Å². The van der Waals surface area contributed by atoms with Crippen molar-refractivity contribution in [2.75, 3.05) is 11.9 Å². The maximum Gasteiger partial charge on any atom is 0.227 e. The van der Waals surface area contributed by atoms with Crippen molar-refractivity contribution in [3.05, 3.63) is 88.0 Å². The summed E-state index contributed by atoms with van der Waals surface area (Å²) in [6.45, 7) is 0. The van der Waals surface area contributed by atoms with E-state index in [1.807, 2.05) is 25.2 Å². The number of halogens is 1. The summed E-state index contributed by atoms with van der Waals surface area (Å²) in [5.41, 5.74) is 2.20. The molecule has 0 aromatic heterocycles. The van der Waals surface area contributed by atoms with E-state index in [0.717, 1.165) is 26.5 Å². The second-order valence-corrected chi connectivity index (χ2v) is 7.87. The maximum absolute atomic E-state index is 12.9. The summed E-state index contributed by atoms with van der Waals surface area (Å²) in [6, 6.07) is 27.0. The van der Waals surface area contributed by atoms with Crippen LogP contribution in [-0.2, 0) is 11.2 Å². The molecule has 0 N–H and O–H groups in total. The number of amides is 1. The van der Waals surface area contributed by atoms with Gasteiger partial charge in [0.25, 0.3) is 0 Å². The third-order valence-corrected chi connectivity index (χ3v) is 5.95. The lowest BCUT2D eigenvalue weighted by atomic mass is 10.0. The minimum absolute atomic E-state index is 0.134. The molecule has 0 aliphatic heterocycles. The summed E-state index contributed by atoms with van der Waals surface area (Å²) in [6.07, 6.45) is 1.23. The van der Waals surface area contributed by atoms with Gasteiger partial charge in [-0.05, 0) is 62.9 Å². The van der Waals surface area contributed by atoms with Crippen molar-refractivity contribution in [2.24, 2.45) is 0 Å². The van der Waals surface area contributed by atoms with Gasteiger partial charge >= 0.3 is 0 Å². The maximum atomic E-state index is 12.9. The van der Waals surface area contributed by atoms with Gasteiger partial charge in [-0.15, -0.1) is 0 Å². The smallest absolute Gasteiger partial charge is 0.227 e. The first-order valence-electron chi connectivity index (χ1n) is 9.05. The fourth-order valence-electron chi connectivity index (χ4n) is 3.61. The van der Waals surface area contributed by atoms with Gasteiger partial charge in [0.05, 0.1) is 5.69 Å². The van der Waals surface area contributed by atoms with Crippen LogP contribution < -0.4 is 4.90 Å². The van der Waals surface area contributed by atoms with E-state index in [9.17, 15) is 4.79 Å². The number of carbonyl (C=O) groups excluding carboxylic acids is 1. The first-order valence-corrected chi connectivity index (χ1v) is 10.1. The Bertz CT molecular complexity index is 1120. The topological polar surface area (TPSA) is 20.3 Å². The Morgan fingerprint density at radius 3 is 2.37 bits per heavy atom. The lowest BCUT2D eigenvalue weighted by molar-refractivity contribution is -0.118. The molecule has 1 amide bonds. The monoisotopic (exact) mass is 465 g/mol. The predicted octanol–water partition coefficient (Wildman–Crippen LogP) is 6.19. The van der Waals surface area contributed by atoms with Crippen LogP contribution in [0.5, 0.6) is 0 Å². The van der Waals surface area contributed by atoms with E-state index in [1.54, 1.807) is 4.90 Å². The van der Waals surface area contributed by atoms with E-state index < -0.39 is 0 Å². The molecule has 3 heteroatoms. The molecular weight excluding hydrogens is 445 g/mol. The summed E-state index contributed by atoms with van der Waals surface area (Å²) in [5, 5.41) is 4.75. The van der Waals surface area contributed by atoms with Gasteiger partial charge in [-0.25, -0.2) is 0 Å². The average Bonchev–Trinajstić information content (AvgIpc) is 2.71. The van der Waals surface area contributed by atoms with E-state index in [-0.39, 0.29) is 5.91 Å². The second-order valence-electron chi connectivity index (χ2n) is 6.71. The molecule has 0 aliphatic carbocycles. The zero-order valence-corrected chi connectivity index (χ0v) is 17.3. The molecule has 0 atom stereocenters. The van der Waals surface area contributed by atoms with Crippen LogP contribution in [0.3, 0.4) is 0 Å². The van der Waals surface area contributed by atoms with Crippen LogP contribution >= 0.6 is 22.6 Å². The van der Waals surface area contributed by atoms with Crippen molar-refractivity contribution in [3.63, 3.8) is 0 Å². The molecule has 4 aromatic rings. The third kappa shape index (κ3) is 3.56. The molecule has 134 valence electrons. The Kier molecular flexibility index (Phi) is 5.12. The second kappa shape index (κ2) is 7.69. The average molecular weight is 465 g/mol. The molecule has 0 spiro atoms. The van der Waals surface area contributed by atoms with Crippen molar-refractivity contribution < 1.29 is 4.79 Å². The number of carbonyl (C=O) groups is 1. The quantitative estimate of drug-likeness (QED) is 0.329. The molecule has 4 rings (SSSR count). The molecular formula is C24H20INO. The van der Waals surface area contributed by atoms with Crippen LogP contribution in [0.1, 0.15) is 12.0 Å². The fraction of sp³-hybridized carbons (Fsp3) is 0.125. The minimum atomic E-state index is 0.134. The van der Waals surface area contributed by atoms with Gasteiger partial charge in [-0.2, -0.15) is 0 Å². The first-order chi connectivity index (χ1) is 13.1. The number of hydrogen-bond donors (Lipinski definition) is 0. The summed E-state index contributed by atoms with van der Waals surface area (Å²) in [7, 11) is 1.88. The number of anilines is 1. The third-order valence-electron chi connectivity index (χ3n) is 5.06. The number of hydrogen-bond acceptors (Lipinski definition) is 1. The Balaban J connectivity index is 1.59. The van der Waals surface area contributed by atoms with Crippen molar-refractivity contribution >= 4 is 55.7 Å². The molecule has 0 unspecified atom stereocenters. The lowest BCUT2D eigenvalue weighted by Crippen LogP contribution is -2.26. The minimum Gasteiger partial charge on any atom is -0.315 e. The molecule has 0 fully saturated rings. The first kappa shape index (κ1) is 18.0. The normalized spacial score (nSPS) is 11.0. The van der Waals surface area contributed by atoms with Crippen molar-refractivity contribution in [1.29, 1.82) is 0 Å². The van der Waals surface area contributed by atoms with Crippen molar-refractivity contribution in [2.45, 2.75) is 12.8 Å². The van der Waals surface area contributed by atoms with Gasteiger partial charge in [0, 0.05) is 22.4 Å². The van der Waals surface area contributed by atoms with Crippen LogP contribution in [-0.4, -0.2) is 13.0 Å². The fourth-order valence-corrected chi connectivity index (χ4v) is 4.41. The van der Waals surface area contributed by atoms with Crippen LogP contribution in [0, 0.1) is 3.57 Å². The van der Waals surface area contributed by atoms with E-state index >= 15 is 0 Å². The number of aryl methyl sites for hydroxylation is 1. The Labute approximate surface area is 172 Å². The van der Waals surface area contributed by atoms with Crippen LogP contribution in [0.25, 0.3) is 21.5 Å². The molecule has 0 saturated heterocycles. The Hall–Kier alpha value is -2.40. The van der Waals surface area contributed by atoms with Crippen molar-refractivity contribution in [1.82, 2.24) is 0 Å². The molecule has 0 saturated carbocycles. The molecule has 0 aliphatic rings. The standard InChI is InChI=1S/C24H20INO/c1-26(22-14-6-11-19-10-5-13-21(25)24(19)22)23(27)16-15-18-9-4-8-17-7-2-3-12-20(17)18/h2-14H,15-16H2,1H3. The van der Waals surface area contributed by atoms with Gasteiger partial charge in [0.2, 0.25) is 5.91 Å². The van der Waals surface area contributed by atoms with Crippen LogP contribution in [0.4, 0.5) is 5.69 Å². The molecule has 2 nitrogen and oxygen atoms in total. The van der Waals surface area contributed by atoms with Gasteiger partial charge in [-0.3, -0.25) is 4.79 Å². The summed E-state index contributed by atoms with van der Waals surface area (Å²) in [4.78, 5) is 14.7. The summed E-state index contributed by atoms with van der Waals surface area (Å²) >= 11 is 2.34. The van der Waals surface area contributed by atoms with E-state index in [0.29, 0.717) is 6.42 Å². The highest BCUT2D eigenvalue weighted by Gasteiger charge is 2.15. The SMILES string of the molecule is CN(C(=O)CCc1cccc2ccccc12)c1cccc2cccc(I)c12. The van der Waals surface area contributed by atoms with Gasteiger partial charge in [0.15, 0.2) is 0 Å². The van der Waals surface area contributed by atoms with E-state index in [2.05, 4.69) is 83.3 Å². The molecule has 0 heterocycles. The van der Waals surface area contributed by atoms with E-state index in [4.69, 9.17) is 0 Å². The Morgan fingerprint density at radius 1 is 0.852 bits per heavy atom. The highest BCUT2D eigenvalue weighted by Crippen LogP contribution is 2.31. The summed E-state index contributed by atoms with van der Waals surface area (Å²) < 4.78 is 1.16. The van der Waals surface area contributed by atoms with Crippen LogP contribution in [0.15, 0.2) is 78.9 Å². The Morgan fingerprint density at radius 2 is 1.52 bits per heavy atom. The zero-order valence-electron chi connectivity index (χ0n) is 15.2. The number of benzene rings is 4. The predicted molar refractivity (Wildman–Crippen MR) is 122 cm³/mol. The molecule has 0 bridgehead atoms. The zero-order chi connectivity index (χ0) is 18.8. The molecule has 27 heavy (non-hydrogen) atoms. The largest absolute Gasteiger partial charge is 0.315 e. The lowest BCUT2D eigenvalue weighted by Gasteiger charge is -2.20. The van der Waals surface area contributed by atoms with Crippen molar-refractivity contribution in [3.8, 4) is 0 Å². The van der Waals surface area contributed by atoms with Gasteiger partial charge < -0.3 is 4.90 Å². The highest BCUT2D eigenvalue weighted by atomic mass is 127. The molecule has 4 aromatic carbocycles. The molecule has 0 radical (unpaired) electrons.